The van der Waals surface area contributed by atoms with Gasteiger partial charge in [0.15, 0.2) is 0 Å². The summed E-state index contributed by atoms with van der Waals surface area (Å²) in [4.78, 5) is 32.5. The van der Waals surface area contributed by atoms with Crippen LogP contribution in [0.25, 0.3) is 0 Å². The average molecular weight is 349 g/mol. The maximum Gasteiger partial charge on any atom is 0.255 e. The van der Waals surface area contributed by atoms with Gasteiger partial charge in [0.05, 0.1) is 17.0 Å². The van der Waals surface area contributed by atoms with Gasteiger partial charge < -0.3 is 10.2 Å². The molecule has 26 heavy (non-hydrogen) atoms. The van der Waals surface area contributed by atoms with Crippen LogP contribution in [-0.2, 0) is 10.2 Å². The van der Waals surface area contributed by atoms with Gasteiger partial charge in [-0.25, -0.2) is 0 Å². The van der Waals surface area contributed by atoms with Gasteiger partial charge in [0.1, 0.15) is 0 Å². The molecule has 5 nitrogen and oxygen atoms in total. The summed E-state index contributed by atoms with van der Waals surface area (Å²) in [6.07, 6.45) is 4.07. The average Bonchev–Trinajstić information content (AvgIpc) is 3.15. The second-order valence-electron chi connectivity index (χ2n) is 7.16. The molecule has 134 valence electrons. The number of hydrogen-bond donors (Lipinski definition) is 1. The molecule has 0 saturated carbocycles. The summed E-state index contributed by atoms with van der Waals surface area (Å²) in [5, 5.41) is 3.04. The van der Waals surface area contributed by atoms with Crippen LogP contribution in [0.15, 0.2) is 42.6 Å². The molecule has 1 N–H and O–H groups in total. The van der Waals surface area contributed by atoms with E-state index in [1.54, 1.807) is 12.3 Å². The fourth-order valence-electron chi connectivity index (χ4n) is 4.59. The van der Waals surface area contributed by atoms with E-state index in [1.165, 1.54) is 0 Å². The normalized spacial score (nSPS) is 24.0. The summed E-state index contributed by atoms with van der Waals surface area (Å²) in [6, 6.07) is 11.4. The highest BCUT2D eigenvalue weighted by Crippen LogP contribution is 2.49. The smallest absolute Gasteiger partial charge is 0.255 e. The van der Waals surface area contributed by atoms with Crippen LogP contribution in [-0.4, -0.2) is 34.3 Å². The SMILES string of the molecule is CCC[C@@H]1N(C(=O)c2cccnc2C)CC[C@]12C(=O)Nc1ccccc12. The van der Waals surface area contributed by atoms with Gasteiger partial charge in [0, 0.05) is 24.1 Å². The Balaban J connectivity index is 1.77. The molecule has 1 aromatic heterocycles. The van der Waals surface area contributed by atoms with Crippen LogP contribution in [0, 0.1) is 6.92 Å². The number of benzene rings is 1. The molecule has 0 radical (unpaired) electrons. The lowest BCUT2D eigenvalue weighted by Crippen LogP contribution is -2.48. The minimum Gasteiger partial charge on any atom is -0.334 e. The number of anilines is 1. The van der Waals surface area contributed by atoms with Gasteiger partial charge in [-0.3, -0.25) is 14.6 Å². The first-order chi connectivity index (χ1) is 12.6. The number of hydrogen-bond acceptors (Lipinski definition) is 3. The van der Waals surface area contributed by atoms with Crippen LogP contribution in [0.1, 0.15) is 47.8 Å². The Kier molecular flexibility index (Phi) is 4.02. The Hall–Kier alpha value is -2.69. The van der Waals surface area contributed by atoms with Crippen LogP contribution in [0.3, 0.4) is 0 Å². The number of carbonyl (C=O) groups is 2. The molecule has 4 rings (SSSR count). The van der Waals surface area contributed by atoms with E-state index in [2.05, 4.69) is 17.2 Å². The van der Waals surface area contributed by atoms with Crippen LogP contribution in [0.5, 0.6) is 0 Å². The van der Waals surface area contributed by atoms with Crippen LogP contribution in [0.4, 0.5) is 5.69 Å². The van der Waals surface area contributed by atoms with E-state index in [1.807, 2.05) is 42.2 Å². The quantitative estimate of drug-likeness (QED) is 0.925. The van der Waals surface area contributed by atoms with Crippen molar-refractivity contribution in [3.05, 3.63) is 59.4 Å². The highest BCUT2D eigenvalue weighted by atomic mass is 16.2. The number of nitrogens with zero attached hydrogens (tertiary/aromatic N) is 2. The molecule has 2 amide bonds. The molecule has 2 aromatic rings. The van der Waals surface area contributed by atoms with Crippen molar-refractivity contribution in [2.75, 3.05) is 11.9 Å². The van der Waals surface area contributed by atoms with Crippen molar-refractivity contribution in [3.63, 3.8) is 0 Å². The first-order valence-electron chi connectivity index (χ1n) is 9.23. The number of aryl methyl sites for hydroxylation is 1. The maximum absolute atomic E-state index is 13.3. The van der Waals surface area contributed by atoms with Gasteiger partial charge in [-0.1, -0.05) is 31.5 Å². The number of nitrogens with one attached hydrogen (secondary N) is 1. The Bertz CT molecular complexity index is 879. The minimum absolute atomic E-state index is 0.0235. The Morgan fingerprint density at radius 2 is 2.12 bits per heavy atom. The van der Waals surface area contributed by atoms with Crippen molar-refractivity contribution in [2.45, 2.75) is 44.6 Å². The molecule has 1 aromatic carbocycles. The van der Waals surface area contributed by atoms with Crippen molar-refractivity contribution in [1.29, 1.82) is 0 Å². The number of pyridine rings is 1. The lowest BCUT2D eigenvalue weighted by molar-refractivity contribution is -0.121. The molecule has 2 atom stereocenters. The summed E-state index contributed by atoms with van der Waals surface area (Å²) in [6.45, 7) is 4.54. The van der Waals surface area contributed by atoms with Gasteiger partial charge in [0.2, 0.25) is 5.91 Å². The van der Waals surface area contributed by atoms with Crippen molar-refractivity contribution in [1.82, 2.24) is 9.88 Å². The molecule has 0 aliphatic carbocycles. The number of carbonyl (C=O) groups excluding carboxylic acids is 2. The van der Waals surface area contributed by atoms with Crippen molar-refractivity contribution < 1.29 is 9.59 Å². The lowest BCUT2D eigenvalue weighted by Gasteiger charge is -2.34. The Morgan fingerprint density at radius 1 is 1.31 bits per heavy atom. The summed E-state index contributed by atoms with van der Waals surface area (Å²) in [5.74, 6) is -0.00142. The molecular formula is C21H23N3O2. The van der Waals surface area contributed by atoms with Crippen LogP contribution in [0.2, 0.25) is 0 Å². The van der Waals surface area contributed by atoms with E-state index in [4.69, 9.17) is 0 Å². The predicted octanol–water partition coefficient (Wildman–Crippen LogP) is 3.29. The van der Waals surface area contributed by atoms with E-state index < -0.39 is 5.41 Å². The standard InChI is InChI=1S/C21H23N3O2/c1-3-7-18-21(16-9-4-5-10-17(16)23-20(21)26)11-13-24(18)19(25)15-8-6-12-22-14(15)2/h4-6,8-10,12,18H,3,7,11,13H2,1-2H3,(H,23,26)/t18-,21+/m0/s1. The molecule has 2 aliphatic rings. The zero-order valence-corrected chi connectivity index (χ0v) is 15.2. The Labute approximate surface area is 153 Å². The number of likely N-dealkylation sites (tertiary alicyclic amines) is 1. The largest absolute Gasteiger partial charge is 0.334 e. The highest BCUT2D eigenvalue weighted by molar-refractivity contribution is 6.08. The third-order valence-electron chi connectivity index (χ3n) is 5.81. The van der Waals surface area contributed by atoms with Crippen molar-refractivity contribution >= 4 is 17.5 Å². The topological polar surface area (TPSA) is 62.3 Å². The molecule has 0 bridgehead atoms. The minimum atomic E-state index is -0.640. The van der Waals surface area contributed by atoms with Crippen LogP contribution >= 0.6 is 0 Å². The van der Waals surface area contributed by atoms with E-state index in [9.17, 15) is 9.59 Å². The van der Waals surface area contributed by atoms with E-state index >= 15 is 0 Å². The second-order valence-corrected chi connectivity index (χ2v) is 7.16. The van der Waals surface area contributed by atoms with Gasteiger partial charge in [-0.15, -0.1) is 0 Å². The number of para-hydroxylation sites is 1. The molecule has 3 heterocycles. The fourth-order valence-corrected chi connectivity index (χ4v) is 4.59. The van der Waals surface area contributed by atoms with Gasteiger partial charge in [-0.05, 0) is 43.5 Å². The molecule has 0 unspecified atom stereocenters. The van der Waals surface area contributed by atoms with Gasteiger partial charge in [-0.2, -0.15) is 0 Å². The number of amides is 2. The van der Waals surface area contributed by atoms with Crippen LogP contribution < -0.4 is 5.32 Å². The van der Waals surface area contributed by atoms with E-state index in [-0.39, 0.29) is 17.9 Å². The third-order valence-corrected chi connectivity index (χ3v) is 5.81. The number of fused-ring (bicyclic) bond motifs is 2. The summed E-state index contributed by atoms with van der Waals surface area (Å²) in [7, 11) is 0. The summed E-state index contributed by atoms with van der Waals surface area (Å²) >= 11 is 0. The highest BCUT2D eigenvalue weighted by Gasteiger charge is 2.58. The molecular weight excluding hydrogens is 326 g/mol. The third kappa shape index (κ3) is 2.26. The number of rotatable bonds is 3. The van der Waals surface area contributed by atoms with E-state index in [0.717, 1.165) is 29.8 Å². The summed E-state index contributed by atoms with van der Waals surface area (Å²) < 4.78 is 0. The zero-order valence-electron chi connectivity index (χ0n) is 15.2. The summed E-state index contributed by atoms with van der Waals surface area (Å²) in [5.41, 5.74) is 2.62. The first-order valence-corrected chi connectivity index (χ1v) is 9.23. The fraction of sp³-hybridized carbons (Fsp3) is 0.381. The molecule has 2 aliphatic heterocycles. The monoisotopic (exact) mass is 349 g/mol. The molecule has 1 spiro atoms. The second kappa shape index (κ2) is 6.24. The van der Waals surface area contributed by atoms with E-state index in [0.29, 0.717) is 18.5 Å². The number of aromatic nitrogens is 1. The van der Waals surface area contributed by atoms with Gasteiger partial charge >= 0.3 is 0 Å². The Morgan fingerprint density at radius 3 is 2.88 bits per heavy atom. The zero-order chi connectivity index (χ0) is 18.3. The predicted molar refractivity (Wildman–Crippen MR) is 100 cm³/mol. The lowest BCUT2D eigenvalue weighted by atomic mass is 9.73. The first kappa shape index (κ1) is 16.8. The van der Waals surface area contributed by atoms with Crippen molar-refractivity contribution in [3.8, 4) is 0 Å². The van der Waals surface area contributed by atoms with Crippen molar-refractivity contribution in [2.24, 2.45) is 0 Å². The molecule has 1 saturated heterocycles. The molecule has 5 heteroatoms. The van der Waals surface area contributed by atoms with Gasteiger partial charge in [0.25, 0.3) is 5.91 Å². The maximum atomic E-state index is 13.3. The molecule has 1 fully saturated rings.